The fourth-order valence-electron chi connectivity index (χ4n) is 1.77. The van der Waals surface area contributed by atoms with E-state index in [4.69, 9.17) is 0 Å². The van der Waals surface area contributed by atoms with Crippen LogP contribution in [0, 0.1) is 10.1 Å². The van der Waals surface area contributed by atoms with Gasteiger partial charge < -0.3 is 5.32 Å². The van der Waals surface area contributed by atoms with Crippen molar-refractivity contribution in [3.63, 3.8) is 0 Å². The second kappa shape index (κ2) is 7.42. The predicted octanol–water partition coefficient (Wildman–Crippen LogP) is 4.48. The van der Waals surface area contributed by atoms with Crippen molar-refractivity contribution in [1.29, 1.82) is 0 Å². The van der Waals surface area contributed by atoms with E-state index in [2.05, 4.69) is 26.2 Å². The van der Waals surface area contributed by atoms with Crippen molar-refractivity contribution in [2.75, 3.05) is 11.9 Å². The summed E-state index contributed by atoms with van der Waals surface area (Å²) in [4.78, 5) is 14.9. The van der Waals surface area contributed by atoms with Gasteiger partial charge in [0.1, 0.15) is 5.69 Å². The van der Waals surface area contributed by atoms with Crippen LogP contribution < -0.4 is 5.32 Å². The number of hydrogen-bond acceptors (Lipinski definition) is 5. The fourth-order valence-corrected chi connectivity index (χ4v) is 2.79. The quantitative estimate of drug-likeness (QED) is 0.463. The first-order valence-electron chi connectivity index (χ1n) is 6.35. The van der Waals surface area contributed by atoms with E-state index in [1.54, 1.807) is 30.1 Å². The lowest BCUT2D eigenvalue weighted by molar-refractivity contribution is -0.384. The maximum atomic E-state index is 11.0. The topological polar surface area (TPSA) is 68.1 Å². The molecule has 2 rings (SSSR count). The molecule has 0 atom stereocenters. The molecule has 7 heteroatoms. The zero-order valence-corrected chi connectivity index (χ0v) is 13.8. The number of nitro benzene ring substituents is 1. The van der Waals surface area contributed by atoms with Crippen LogP contribution in [-0.2, 0) is 5.75 Å². The third-order valence-electron chi connectivity index (χ3n) is 2.71. The number of rotatable bonds is 6. The standard InChI is InChI=1S/C14H14BrN3O2S/c1-2-16-12-7-10(3-5-13(12)18(19)20)9-21-14-6-4-11(15)8-17-14/h3-8,16H,2,9H2,1H3. The predicted molar refractivity (Wildman–Crippen MR) is 88.8 cm³/mol. The van der Waals surface area contributed by atoms with Crippen molar-refractivity contribution in [3.8, 4) is 0 Å². The zero-order chi connectivity index (χ0) is 15.2. The van der Waals surface area contributed by atoms with Gasteiger partial charge in [0.2, 0.25) is 0 Å². The van der Waals surface area contributed by atoms with Gasteiger partial charge in [0.05, 0.1) is 9.95 Å². The van der Waals surface area contributed by atoms with Gasteiger partial charge in [0, 0.05) is 29.0 Å². The molecule has 110 valence electrons. The molecule has 21 heavy (non-hydrogen) atoms. The first kappa shape index (κ1) is 15.8. The molecule has 1 aromatic carbocycles. The first-order valence-corrected chi connectivity index (χ1v) is 8.13. The first-order chi connectivity index (χ1) is 10.1. The van der Waals surface area contributed by atoms with Gasteiger partial charge >= 0.3 is 0 Å². The smallest absolute Gasteiger partial charge is 0.292 e. The summed E-state index contributed by atoms with van der Waals surface area (Å²) >= 11 is 4.94. The van der Waals surface area contributed by atoms with E-state index in [1.807, 2.05) is 25.1 Å². The highest BCUT2D eigenvalue weighted by Crippen LogP contribution is 2.29. The number of hydrogen-bond donors (Lipinski definition) is 1. The lowest BCUT2D eigenvalue weighted by Gasteiger charge is -2.07. The molecule has 1 N–H and O–H groups in total. The molecule has 0 aliphatic carbocycles. The molecule has 0 bridgehead atoms. The van der Waals surface area contributed by atoms with Crippen molar-refractivity contribution in [2.24, 2.45) is 0 Å². The average Bonchev–Trinajstić information content (AvgIpc) is 2.47. The van der Waals surface area contributed by atoms with E-state index < -0.39 is 0 Å². The Labute approximate surface area is 135 Å². The largest absolute Gasteiger partial charge is 0.380 e. The van der Waals surface area contributed by atoms with E-state index in [0.717, 1.165) is 15.1 Å². The van der Waals surface area contributed by atoms with Gasteiger partial charge in [-0.3, -0.25) is 10.1 Å². The molecule has 0 unspecified atom stereocenters. The van der Waals surface area contributed by atoms with Gasteiger partial charge in [-0.1, -0.05) is 6.07 Å². The molecule has 0 spiro atoms. The number of anilines is 1. The minimum absolute atomic E-state index is 0.104. The van der Waals surface area contributed by atoms with E-state index in [0.29, 0.717) is 18.0 Å². The Morgan fingerprint density at radius 2 is 2.19 bits per heavy atom. The van der Waals surface area contributed by atoms with Crippen molar-refractivity contribution in [2.45, 2.75) is 17.7 Å². The number of thioether (sulfide) groups is 1. The monoisotopic (exact) mass is 367 g/mol. The Morgan fingerprint density at radius 3 is 2.81 bits per heavy atom. The molecular formula is C14H14BrN3O2S. The summed E-state index contributed by atoms with van der Waals surface area (Å²) in [6, 6.07) is 9.03. The summed E-state index contributed by atoms with van der Waals surface area (Å²) in [6.07, 6.45) is 1.75. The average molecular weight is 368 g/mol. The fraction of sp³-hybridized carbons (Fsp3) is 0.214. The Kier molecular flexibility index (Phi) is 5.58. The van der Waals surface area contributed by atoms with Crippen molar-refractivity contribution in [3.05, 3.63) is 56.7 Å². The highest BCUT2D eigenvalue weighted by atomic mass is 79.9. The number of nitrogens with zero attached hydrogens (tertiary/aromatic N) is 2. The third-order valence-corrected chi connectivity index (χ3v) is 4.20. The van der Waals surface area contributed by atoms with Crippen LogP contribution >= 0.6 is 27.7 Å². The van der Waals surface area contributed by atoms with Crippen LogP contribution in [0.4, 0.5) is 11.4 Å². The maximum absolute atomic E-state index is 11.0. The van der Waals surface area contributed by atoms with Crippen LogP contribution in [0.25, 0.3) is 0 Å². The summed E-state index contributed by atoms with van der Waals surface area (Å²) in [5.74, 6) is 0.713. The number of pyridine rings is 1. The summed E-state index contributed by atoms with van der Waals surface area (Å²) < 4.78 is 0.941. The van der Waals surface area contributed by atoms with Crippen molar-refractivity contribution >= 4 is 39.1 Å². The number of halogens is 1. The molecule has 0 amide bonds. The van der Waals surface area contributed by atoms with E-state index in [-0.39, 0.29) is 10.6 Å². The summed E-state index contributed by atoms with van der Waals surface area (Å²) in [5, 5.41) is 14.9. The number of benzene rings is 1. The van der Waals surface area contributed by atoms with Gasteiger partial charge in [-0.15, -0.1) is 11.8 Å². The highest BCUT2D eigenvalue weighted by molar-refractivity contribution is 9.10. The van der Waals surface area contributed by atoms with Crippen LogP contribution in [0.1, 0.15) is 12.5 Å². The summed E-state index contributed by atoms with van der Waals surface area (Å²) in [5.41, 5.74) is 1.68. The summed E-state index contributed by atoms with van der Waals surface area (Å²) in [6.45, 7) is 2.56. The molecule has 1 aromatic heterocycles. The molecule has 1 heterocycles. The SMILES string of the molecule is CCNc1cc(CSc2ccc(Br)cn2)ccc1[N+](=O)[O-]. The maximum Gasteiger partial charge on any atom is 0.292 e. The van der Waals surface area contributed by atoms with E-state index in [1.165, 1.54) is 0 Å². The van der Waals surface area contributed by atoms with Gasteiger partial charge in [-0.25, -0.2) is 4.98 Å². The zero-order valence-electron chi connectivity index (χ0n) is 11.4. The van der Waals surface area contributed by atoms with Crippen LogP contribution in [0.5, 0.6) is 0 Å². The molecule has 2 aromatic rings. The van der Waals surface area contributed by atoms with Crippen LogP contribution in [0.3, 0.4) is 0 Å². The molecule has 0 aliphatic rings. The Hall–Kier alpha value is -1.60. The second-order valence-corrected chi connectivity index (χ2v) is 6.15. The van der Waals surface area contributed by atoms with Gasteiger partial charge in [0.15, 0.2) is 0 Å². The lowest BCUT2D eigenvalue weighted by Crippen LogP contribution is -2.01. The minimum Gasteiger partial charge on any atom is -0.380 e. The van der Waals surface area contributed by atoms with Gasteiger partial charge in [0.25, 0.3) is 5.69 Å². The third kappa shape index (κ3) is 4.44. The normalized spacial score (nSPS) is 10.4. The number of aromatic nitrogens is 1. The highest BCUT2D eigenvalue weighted by Gasteiger charge is 2.13. The number of nitro groups is 1. The molecule has 0 radical (unpaired) electrons. The summed E-state index contributed by atoms with van der Waals surface area (Å²) in [7, 11) is 0. The van der Waals surface area contributed by atoms with Gasteiger partial charge in [-0.05, 0) is 46.6 Å². The van der Waals surface area contributed by atoms with Crippen molar-refractivity contribution in [1.82, 2.24) is 4.98 Å². The molecule has 0 saturated heterocycles. The lowest BCUT2D eigenvalue weighted by atomic mass is 10.2. The Bertz CT molecular complexity index is 635. The molecular weight excluding hydrogens is 354 g/mol. The van der Waals surface area contributed by atoms with E-state index in [9.17, 15) is 10.1 Å². The molecule has 0 saturated carbocycles. The van der Waals surface area contributed by atoms with Crippen molar-refractivity contribution < 1.29 is 4.92 Å². The minimum atomic E-state index is -0.370. The van der Waals surface area contributed by atoms with Gasteiger partial charge in [-0.2, -0.15) is 0 Å². The number of nitrogens with one attached hydrogen (secondary N) is 1. The molecule has 0 fully saturated rings. The van der Waals surface area contributed by atoms with Crippen LogP contribution in [-0.4, -0.2) is 16.5 Å². The second-order valence-electron chi connectivity index (χ2n) is 4.24. The Morgan fingerprint density at radius 1 is 1.38 bits per heavy atom. The van der Waals surface area contributed by atoms with E-state index >= 15 is 0 Å². The molecule has 0 aliphatic heterocycles. The Balaban J connectivity index is 2.11. The van der Waals surface area contributed by atoms with Crippen LogP contribution in [0.2, 0.25) is 0 Å². The molecule has 5 nitrogen and oxygen atoms in total. The van der Waals surface area contributed by atoms with Crippen LogP contribution in [0.15, 0.2) is 46.0 Å².